The standard InChI is InChI=1S/C20H14F4N4O2S/c1-10-18(30)28(12-4-3-11(9-25)15(7-12)20(22,23)24)19(31)27(10)13-5-6-14(16(21)8-13)17(29)26-2/h3-8,10H,1-2H3,(H,26,29)/t10-/m1/s1. The number of nitrogens with one attached hydrogen (secondary N) is 1. The number of hydrogen-bond acceptors (Lipinski definition) is 4. The van der Waals surface area contributed by atoms with E-state index >= 15 is 0 Å². The first kappa shape index (κ1) is 22.2. The summed E-state index contributed by atoms with van der Waals surface area (Å²) in [7, 11) is 1.34. The molecule has 1 fully saturated rings. The largest absolute Gasteiger partial charge is 0.417 e. The van der Waals surface area contributed by atoms with Gasteiger partial charge >= 0.3 is 6.18 Å². The molecule has 0 saturated carbocycles. The van der Waals surface area contributed by atoms with Gasteiger partial charge in [0.2, 0.25) is 0 Å². The lowest BCUT2D eigenvalue weighted by atomic mass is 10.1. The molecule has 1 saturated heterocycles. The SMILES string of the molecule is CNC(=O)c1ccc(N2C(=S)N(c3ccc(C#N)c(C(F)(F)F)c3)C(=O)[C@H]2C)cc1F. The highest BCUT2D eigenvalue weighted by Gasteiger charge is 2.43. The summed E-state index contributed by atoms with van der Waals surface area (Å²) in [5.41, 5.74) is -2.02. The van der Waals surface area contributed by atoms with Gasteiger partial charge < -0.3 is 10.2 Å². The Hall–Kier alpha value is -3.52. The minimum Gasteiger partial charge on any atom is -0.355 e. The van der Waals surface area contributed by atoms with E-state index in [0.29, 0.717) is 6.07 Å². The van der Waals surface area contributed by atoms with Gasteiger partial charge in [0.05, 0.1) is 28.4 Å². The number of benzene rings is 2. The predicted octanol–water partition coefficient (Wildman–Crippen LogP) is 3.60. The first-order valence-corrected chi connectivity index (χ1v) is 9.22. The number of carbonyl (C=O) groups is 2. The highest BCUT2D eigenvalue weighted by Crippen LogP contribution is 2.37. The van der Waals surface area contributed by atoms with Gasteiger partial charge in [-0.2, -0.15) is 18.4 Å². The number of carbonyl (C=O) groups excluding carboxylic acids is 2. The van der Waals surface area contributed by atoms with Crippen molar-refractivity contribution in [3.63, 3.8) is 0 Å². The van der Waals surface area contributed by atoms with E-state index in [0.717, 1.165) is 17.0 Å². The molecule has 1 atom stereocenters. The van der Waals surface area contributed by atoms with Gasteiger partial charge in [-0.05, 0) is 55.5 Å². The maximum atomic E-state index is 14.4. The van der Waals surface area contributed by atoms with E-state index in [-0.39, 0.29) is 22.1 Å². The number of rotatable bonds is 3. The summed E-state index contributed by atoms with van der Waals surface area (Å²) in [6, 6.07) is 6.96. The Kier molecular flexibility index (Phi) is 5.69. The van der Waals surface area contributed by atoms with Gasteiger partial charge in [0, 0.05) is 12.7 Å². The first-order chi connectivity index (χ1) is 14.5. The van der Waals surface area contributed by atoms with Gasteiger partial charge in [-0.25, -0.2) is 4.39 Å². The molecule has 1 aliphatic rings. The maximum absolute atomic E-state index is 14.4. The van der Waals surface area contributed by atoms with Crippen molar-refractivity contribution in [3.8, 4) is 6.07 Å². The summed E-state index contributed by atoms with van der Waals surface area (Å²) in [4.78, 5) is 26.7. The van der Waals surface area contributed by atoms with Crippen LogP contribution in [-0.2, 0) is 11.0 Å². The minimum atomic E-state index is -4.81. The van der Waals surface area contributed by atoms with Crippen LogP contribution in [0.2, 0.25) is 0 Å². The van der Waals surface area contributed by atoms with Crippen molar-refractivity contribution in [2.75, 3.05) is 16.8 Å². The maximum Gasteiger partial charge on any atom is 0.417 e. The zero-order valence-electron chi connectivity index (χ0n) is 16.1. The van der Waals surface area contributed by atoms with Crippen molar-refractivity contribution >= 4 is 40.5 Å². The molecule has 0 aromatic heterocycles. The lowest BCUT2D eigenvalue weighted by molar-refractivity contribution is -0.137. The van der Waals surface area contributed by atoms with Crippen LogP contribution in [0.5, 0.6) is 0 Å². The van der Waals surface area contributed by atoms with Crippen molar-refractivity contribution < 1.29 is 27.2 Å². The molecular weight excluding hydrogens is 436 g/mol. The fraction of sp³-hybridized carbons (Fsp3) is 0.200. The third kappa shape index (κ3) is 3.82. The molecule has 1 heterocycles. The Morgan fingerprint density at radius 3 is 2.39 bits per heavy atom. The Morgan fingerprint density at radius 1 is 1.19 bits per heavy atom. The molecule has 0 bridgehead atoms. The molecule has 2 aromatic rings. The number of thiocarbonyl (C=S) groups is 1. The third-order valence-corrected chi connectivity index (χ3v) is 5.13. The van der Waals surface area contributed by atoms with Gasteiger partial charge in [-0.1, -0.05) is 0 Å². The zero-order chi connectivity index (χ0) is 23.1. The van der Waals surface area contributed by atoms with Gasteiger partial charge in [0.25, 0.3) is 11.8 Å². The second-order valence-electron chi connectivity index (χ2n) is 6.58. The van der Waals surface area contributed by atoms with Gasteiger partial charge in [0.1, 0.15) is 11.9 Å². The average Bonchev–Trinajstić information content (AvgIpc) is 2.94. The van der Waals surface area contributed by atoms with Crippen LogP contribution in [0.25, 0.3) is 0 Å². The second kappa shape index (κ2) is 7.96. The summed E-state index contributed by atoms with van der Waals surface area (Å²) in [6.07, 6.45) is -4.81. The molecule has 0 radical (unpaired) electrons. The molecule has 1 aliphatic heterocycles. The molecule has 0 aliphatic carbocycles. The van der Waals surface area contributed by atoms with Crippen LogP contribution in [0.15, 0.2) is 36.4 Å². The van der Waals surface area contributed by atoms with E-state index in [4.69, 9.17) is 17.5 Å². The summed E-state index contributed by atoms with van der Waals surface area (Å²) in [5, 5.41) is 11.1. The molecule has 2 amide bonds. The fourth-order valence-electron chi connectivity index (χ4n) is 3.21. The highest BCUT2D eigenvalue weighted by atomic mass is 32.1. The smallest absolute Gasteiger partial charge is 0.355 e. The van der Waals surface area contributed by atoms with Crippen molar-refractivity contribution in [2.45, 2.75) is 19.1 Å². The summed E-state index contributed by atoms with van der Waals surface area (Å²) >= 11 is 5.31. The number of nitriles is 1. The number of hydrogen-bond donors (Lipinski definition) is 1. The first-order valence-electron chi connectivity index (χ1n) is 8.81. The van der Waals surface area contributed by atoms with Gasteiger partial charge in [-0.15, -0.1) is 0 Å². The molecule has 1 N–H and O–H groups in total. The summed E-state index contributed by atoms with van der Waals surface area (Å²) in [5.74, 6) is -2.12. The Balaban J connectivity index is 2.03. The Morgan fingerprint density at radius 2 is 1.84 bits per heavy atom. The molecule has 11 heteroatoms. The van der Waals surface area contributed by atoms with E-state index in [9.17, 15) is 27.2 Å². The lowest BCUT2D eigenvalue weighted by Crippen LogP contribution is -2.34. The van der Waals surface area contributed by atoms with Crippen LogP contribution >= 0.6 is 12.2 Å². The molecule has 31 heavy (non-hydrogen) atoms. The molecule has 6 nitrogen and oxygen atoms in total. The topological polar surface area (TPSA) is 76.4 Å². The number of amides is 2. The van der Waals surface area contributed by atoms with Crippen LogP contribution in [0.1, 0.15) is 28.4 Å². The molecule has 0 unspecified atom stereocenters. The van der Waals surface area contributed by atoms with E-state index < -0.39 is 41.0 Å². The average molecular weight is 450 g/mol. The van der Waals surface area contributed by atoms with Crippen molar-refractivity contribution in [3.05, 3.63) is 58.9 Å². The minimum absolute atomic E-state index is 0.156. The summed E-state index contributed by atoms with van der Waals surface area (Å²) in [6.45, 7) is 1.47. The molecule has 2 aromatic carbocycles. The lowest BCUT2D eigenvalue weighted by Gasteiger charge is -2.23. The van der Waals surface area contributed by atoms with Crippen LogP contribution in [0.4, 0.5) is 28.9 Å². The molecule has 3 rings (SSSR count). The number of anilines is 2. The predicted molar refractivity (Wildman–Crippen MR) is 108 cm³/mol. The van der Waals surface area contributed by atoms with Crippen molar-refractivity contribution in [1.82, 2.24) is 5.32 Å². The van der Waals surface area contributed by atoms with Crippen LogP contribution in [0, 0.1) is 17.1 Å². The van der Waals surface area contributed by atoms with Crippen LogP contribution in [0.3, 0.4) is 0 Å². The Labute approximate surface area is 179 Å². The van der Waals surface area contributed by atoms with Crippen molar-refractivity contribution in [1.29, 1.82) is 5.26 Å². The molecule has 160 valence electrons. The van der Waals surface area contributed by atoms with Crippen molar-refractivity contribution in [2.24, 2.45) is 0 Å². The Bertz CT molecular complexity index is 1140. The van der Waals surface area contributed by atoms with Gasteiger partial charge in [0.15, 0.2) is 5.11 Å². The molecular formula is C20H14F4N4O2S. The number of halogens is 4. The van der Waals surface area contributed by atoms with Crippen LogP contribution in [-0.4, -0.2) is 30.0 Å². The van der Waals surface area contributed by atoms with E-state index in [1.807, 2.05) is 0 Å². The van der Waals surface area contributed by atoms with Gasteiger partial charge in [-0.3, -0.25) is 14.5 Å². The number of nitrogens with zero attached hydrogens (tertiary/aromatic N) is 3. The molecule has 0 spiro atoms. The normalized spacial score (nSPS) is 16.5. The van der Waals surface area contributed by atoms with E-state index in [2.05, 4.69) is 5.32 Å². The quantitative estimate of drug-likeness (QED) is 0.571. The third-order valence-electron chi connectivity index (χ3n) is 4.75. The zero-order valence-corrected chi connectivity index (χ0v) is 16.9. The van der Waals surface area contributed by atoms with E-state index in [1.165, 1.54) is 43.1 Å². The fourth-order valence-corrected chi connectivity index (χ4v) is 3.67. The number of alkyl halides is 3. The van der Waals surface area contributed by atoms with Crippen LogP contribution < -0.4 is 15.1 Å². The summed E-state index contributed by atoms with van der Waals surface area (Å²) < 4.78 is 54.4. The van der Waals surface area contributed by atoms with E-state index in [1.54, 1.807) is 0 Å². The highest BCUT2D eigenvalue weighted by molar-refractivity contribution is 7.81. The second-order valence-corrected chi connectivity index (χ2v) is 6.95. The monoisotopic (exact) mass is 450 g/mol.